The van der Waals surface area contributed by atoms with Gasteiger partial charge in [-0.25, -0.2) is 0 Å². The highest BCUT2D eigenvalue weighted by Crippen LogP contribution is 2.42. The van der Waals surface area contributed by atoms with Crippen LogP contribution in [0.3, 0.4) is 0 Å². The van der Waals surface area contributed by atoms with Crippen LogP contribution in [0, 0.1) is 12.8 Å². The van der Waals surface area contributed by atoms with Gasteiger partial charge in [-0.2, -0.15) is 0 Å². The molecule has 0 radical (unpaired) electrons. The number of aryl methyl sites for hydroxylation is 1. The summed E-state index contributed by atoms with van der Waals surface area (Å²) in [7, 11) is 1.50. The summed E-state index contributed by atoms with van der Waals surface area (Å²) in [6.45, 7) is 2.09. The monoisotopic (exact) mass is 259 g/mol. The number of hydrogen-bond acceptors (Lipinski definition) is 3. The van der Waals surface area contributed by atoms with E-state index < -0.39 is 0 Å². The molecule has 3 nitrogen and oxygen atoms in total. The first-order chi connectivity index (χ1) is 9.19. The highest BCUT2D eigenvalue weighted by molar-refractivity contribution is 5.75. The number of piperidine rings is 1. The van der Waals surface area contributed by atoms with Crippen molar-refractivity contribution in [2.24, 2.45) is 5.92 Å². The van der Waals surface area contributed by atoms with Gasteiger partial charge < -0.3 is 10.1 Å². The molecule has 0 amide bonds. The lowest BCUT2D eigenvalue weighted by Crippen LogP contribution is -2.48. The Labute approximate surface area is 114 Å². The average Bonchev–Trinajstić information content (AvgIpc) is 2.80. The number of rotatable bonds is 2. The third-order valence-corrected chi connectivity index (χ3v) is 4.66. The molecule has 0 saturated carbocycles. The maximum absolute atomic E-state index is 12.1. The van der Waals surface area contributed by atoms with E-state index in [0.29, 0.717) is 12.0 Å². The molecule has 4 atom stereocenters. The molecular formula is C16H21NO2. The van der Waals surface area contributed by atoms with Crippen molar-refractivity contribution in [1.29, 1.82) is 0 Å². The molecule has 19 heavy (non-hydrogen) atoms. The summed E-state index contributed by atoms with van der Waals surface area (Å²) in [5.41, 5.74) is 2.54. The van der Waals surface area contributed by atoms with Crippen LogP contribution in [0.25, 0.3) is 0 Å². The second-order valence-electron chi connectivity index (χ2n) is 5.85. The first-order valence-electron chi connectivity index (χ1n) is 7.09. The molecule has 3 rings (SSSR count). The SMILES string of the molecule is COC(=O)[C@@H]1C2CCC(C[C@@H]1c1ccc(C)cc1)N2. The number of esters is 1. The summed E-state index contributed by atoms with van der Waals surface area (Å²) in [6, 6.07) is 9.46. The Kier molecular flexibility index (Phi) is 3.31. The van der Waals surface area contributed by atoms with Crippen molar-refractivity contribution in [2.75, 3.05) is 7.11 Å². The van der Waals surface area contributed by atoms with Gasteiger partial charge in [-0.3, -0.25) is 4.79 Å². The highest BCUT2D eigenvalue weighted by Gasteiger charge is 2.46. The Balaban J connectivity index is 1.92. The van der Waals surface area contributed by atoms with E-state index in [4.69, 9.17) is 4.74 Å². The summed E-state index contributed by atoms with van der Waals surface area (Å²) >= 11 is 0. The maximum Gasteiger partial charge on any atom is 0.310 e. The zero-order valence-corrected chi connectivity index (χ0v) is 11.6. The summed E-state index contributed by atoms with van der Waals surface area (Å²) < 4.78 is 5.04. The molecular weight excluding hydrogens is 238 g/mol. The van der Waals surface area contributed by atoms with Crippen molar-refractivity contribution in [1.82, 2.24) is 5.32 Å². The lowest BCUT2D eigenvalue weighted by atomic mass is 9.77. The number of carbonyl (C=O) groups excluding carboxylic acids is 1. The normalized spacial score (nSPS) is 33.2. The molecule has 3 heteroatoms. The molecule has 2 aliphatic heterocycles. The predicted octanol–water partition coefficient (Wildman–Crippen LogP) is 2.39. The average molecular weight is 259 g/mol. The number of fused-ring (bicyclic) bond motifs is 2. The quantitative estimate of drug-likeness (QED) is 0.829. The Hall–Kier alpha value is -1.35. The standard InChI is InChI=1S/C16H21NO2/c1-10-3-5-11(6-4-10)13-9-12-7-8-14(17-12)15(13)16(18)19-2/h3-6,12-15,17H,7-9H2,1-2H3/t12?,13-,14?,15+/m1/s1. The predicted molar refractivity (Wildman–Crippen MR) is 74.0 cm³/mol. The Morgan fingerprint density at radius 3 is 2.68 bits per heavy atom. The Morgan fingerprint density at radius 2 is 2.00 bits per heavy atom. The zero-order chi connectivity index (χ0) is 13.4. The van der Waals surface area contributed by atoms with Crippen molar-refractivity contribution < 1.29 is 9.53 Å². The number of carbonyl (C=O) groups is 1. The third-order valence-electron chi connectivity index (χ3n) is 4.66. The first-order valence-corrected chi connectivity index (χ1v) is 7.09. The molecule has 1 N–H and O–H groups in total. The minimum atomic E-state index is -0.0663. The summed E-state index contributed by atoms with van der Waals surface area (Å²) in [4.78, 5) is 12.1. The molecule has 2 unspecified atom stereocenters. The van der Waals surface area contributed by atoms with Crippen molar-refractivity contribution in [2.45, 2.75) is 44.2 Å². The molecule has 1 aromatic rings. The molecule has 2 saturated heterocycles. The smallest absolute Gasteiger partial charge is 0.310 e. The van der Waals surface area contributed by atoms with E-state index in [1.165, 1.54) is 24.7 Å². The van der Waals surface area contributed by atoms with Gasteiger partial charge >= 0.3 is 5.97 Å². The minimum absolute atomic E-state index is 0.0357. The van der Waals surface area contributed by atoms with E-state index in [9.17, 15) is 4.79 Å². The molecule has 102 valence electrons. The highest BCUT2D eigenvalue weighted by atomic mass is 16.5. The number of ether oxygens (including phenoxy) is 1. The van der Waals surface area contributed by atoms with Gasteiger partial charge in [0.25, 0.3) is 0 Å². The minimum Gasteiger partial charge on any atom is -0.469 e. The van der Waals surface area contributed by atoms with Crippen LogP contribution in [-0.4, -0.2) is 25.2 Å². The van der Waals surface area contributed by atoms with E-state index >= 15 is 0 Å². The summed E-state index contributed by atoms with van der Waals surface area (Å²) in [5.74, 6) is 0.196. The van der Waals surface area contributed by atoms with Crippen LogP contribution in [0.15, 0.2) is 24.3 Å². The molecule has 2 bridgehead atoms. The van der Waals surface area contributed by atoms with Gasteiger partial charge in [-0.15, -0.1) is 0 Å². The second-order valence-corrected chi connectivity index (χ2v) is 5.85. The molecule has 2 fully saturated rings. The number of methoxy groups -OCH3 is 1. The van der Waals surface area contributed by atoms with E-state index in [-0.39, 0.29) is 17.9 Å². The molecule has 0 aliphatic carbocycles. The lowest BCUT2D eigenvalue weighted by Gasteiger charge is -2.36. The molecule has 0 aromatic heterocycles. The second kappa shape index (κ2) is 4.97. The van der Waals surface area contributed by atoms with E-state index in [2.05, 4.69) is 36.5 Å². The molecule has 2 aliphatic rings. The van der Waals surface area contributed by atoms with Crippen molar-refractivity contribution in [3.8, 4) is 0 Å². The van der Waals surface area contributed by atoms with E-state index in [1.807, 2.05) is 0 Å². The molecule has 0 spiro atoms. The van der Waals surface area contributed by atoms with Crippen LogP contribution in [0.1, 0.15) is 36.3 Å². The van der Waals surface area contributed by atoms with Gasteiger partial charge in [-0.1, -0.05) is 29.8 Å². The van der Waals surface area contributed by atoms with Crippen molar-refractivity contribution >= 4 is 5.97 Å². The topological polar surface area (TPSA) is 38.3 Å². The van der Waals surface area contributed by atoms with Crippen LogP contribution in [0.4, 0.5) is 0 Å². The number of benzene rings is 1. The fourth-order valence-electron chi connectivity index (χ4n) is 3.67. The van der Waals surface area contributed by atoms with Crippen LogP contribution in [-0.2, 0) is 9.53 Å². The van der Waals surface area contributed by atoms with Crippen LogP contribution in [0.5, 0.6) is 0 Å². The van der Waals surface area contributed by atoms with Gasteiger partial charge in [0.05, 0.1) is 13.0 Å². The Morgan fingerprint density at radius 1 is 1.26 bits per heavy atom. The molecule has 1 aromatic carbocycles. The van der Waals surface area contributed by atoms with Gasteiger partial charge in [0.1, 0.15) is 0 Å². The van der Waals surface area contributed by atoms with Crippen molar-refractivity contribution in [3.63, 3.8) is 0 Å². The Bertz CT molecular complexity index is 468. The summed E-state index contributed by atoms with van der Waals surface area (Å²) in [6.07, 6.45) is 3.31. The largest absolute Gasteiger partial charge is 0.469 e. The van der Waals surface area contributed by atoms with Crippen LogP contribution in [0.2, 0.25) is 0 Å². The zero-order valence-electron chi connectivity index (χ0n) is 11.6. The number of hydrogen-bond donors (Lipinski definition) is 1. The van der Waals surface area contributed by atoms with Gasteiger partial charge in [0.2, 0.25) is 0 Å². The lowest BCUT2D eigenvalue weighted by molar-refractivity contribution is -0.148. The van der Waals surface area contributed by atoms with Gasteiger partial charge in [0, 0.05) is 18.0 Å². The number of nitrogens with one attached hydrogen (secondary N) is 1. The van der Waals surface area contributed by atoms with E-state index in [1.54, 1.807) is 0 Å². The van der Waals surface area contributed by atoms with Gasteiger partial charge in [0.15, 0.2) is 0 Å². The van der Waals surface area contributed by atoms with Gasteiger partial charge in [-0.05, 0) is 31.7 Å². The summed E-state index contributed by atoms with van der Waals surface area (Å²) in [5, 5.41) is 3.57. The van der Waals surface area contributed by atoms with Crippen molar-refractivity contribution in [3.05, 3.63) is 35.4 Å². The van der Waals surface area contributed by atoms with E-state index in [0.717, 1.165) is 12.8 Å². The maximum atomic E-state index is 12.1. The van der Waals surface area contributed by atoms with Crippen LogP contribution < -0.4 is 5.32 Å². The van der Waals surface area contributed by atoms with Crippen LogP contribution >= 0.6 is 0 Å². The fourth-order valence-corrected chi connectivity index (χ4v) is 3.67. The first kappa shape index (κ1) is 12.7. The molecule has 2 heterocycles. The fraction of sp³-hybridized carbons (Fsp3) is 0.562. The third kappa shape index (κ3) is 2.27.